The van der Waals surface area contributed by atoms with Crippen LogP contribution in [-0.4, -0.2) is 60.6 Å². The Labute approximate surface area is 119 Å². The summed E-state index contributed by atoms with van der Waals surface area (Å²) in [5.41, 5.74) is 0. The Kier molecular flexibility index (Phi) is 3.74. The number of rotatable bonds is 3. The zero-order valence-corrected chi connectivity index (χ0v) is 12.0. The van der Waals surface area contributed by atoms with Crippen molar-refractivity contribution in [3.63, 3.8) is 0 Å². The molecule has 2 unspecified atom stereocenters. The maximum Gasteiger partial charge on any atom is 0.443 e. The second kappa shape index (κ2) is 5.25. The van der Waals surface area contributed by atoms with E-state index < -0.39 is 11.2 Å². The van der Waals surface area contributed by atoms with Gasteiger partial charge in [0, 0.05) is 49.8 Å². The number of hydrogen-bond acceptors (Lipinski definition) is 5. The van der Waals surface area contributed by atoms with Crippen molar-refractivity contribution in [2.24, 2.45) is 0 Å². The molecular formula is C12H17F3N4S. The van der Waals surface area contributed by atoms with Crippen molar-refractivity contribution in [2.75, 3.05) is 39.8 Å². The first-order valence-corrected chi connectivity index (χ1v) is 7.47. The van der Waals surface area contributed by atoms with Gasteiger partial charge in [-0.3, -0.25) is 9.80 Å². The van der Waals surface area contributed by atoms with Gasteiger partial charge in [-0.2, -0.15) is 13.2 Å². The lowest BCUT2D eigenvalue weighted by atomic mass is 9.99. The number of halogens is 3. The van der Waals surface area contributed by atoms with Gasteiger partial charge in [-0.05, 0) is 7.05 Å². The summed E-state index contributed by atoms with van der Waals surface area (Å²) in [5, 5.41) is 2.41. The van der Waals surface area contributed by atoms with E-state index in [1.807, 2.05) is 0 Å². The third-order valence-electron chi connectivity index (χ3n) is 4.09. The Morgan fingerprint density at radius 3 is 2.50 bits per heavy atom. The Morgan fingerprint density at radius 2 is 2.05 bits per heavy atom. The quantitative estimate of drug-likeness (QED) is 0.915. The van der Waals surface area contributed by atoms with E-state index in [0.29, 0.717) is 4.88 Å². The van der Waals surface area contributed by atoms with Crippen LogP contribution in [0.5, 0.6) is 0 Å². The van der Waals surface area contributed by atoms with Gasteiger partial charge in [0.2, 0.25) is 0 Å². The van der Waals surface area contributed by atoms with Crippen LogP contribution in [0.4, 0.5) is 13.2 Å². The first kappa shape index (κ1) is 14.2. The van der Waals surface area contributed by atoms with Crippen LogP contribution < -0.4 is 5.32 Å². The van der Waals surface area contributed by atoms with Crippen LogP contribution in [0.3, 0.4) is 0 Å². The lowest BCUT2D eigenvalue weighted by molar-refractivity contribution is -0.137. The third kappa shape index (κ3) is 2.57. The normalized spacial score (nSPS) is 31.5. The predicted octanol–water partition coefficient (Wildman–Crippen LogP) is 1.42. The van der Waals surface area contributed by atoms with Crippen LogP contribution >= 0.6 is 11.3 Å². The van der Waals surface area contributed by atoms with Crippen LogP contribution in [0.1, 0.15) is 15.9 Å². The highest BCUT2D eigenvalue weighted by molar-refractivity contribution is 7.11. The van der Waals surface area contributed by atoms with Crippen molar-refractivity contribution in [3.05, 3.63) is 16.1 Å². The molecule has 8 heteroatoms. The van der Waals surface area contributed by atoms with Gasteiger partial charge >= 0.3 is 6.18 Å². The largest absolute Gasteiger partial charge is 0.443 e. The molecule has 0 aliphatic carbocycles. The minimum absolute atomic E-state index is 0.0910. The molecule has 0 spiro atoms. The molecule has 1 aromatic heterocycles. The zero-order chi connectivity index (χ0) is 14.3. The fraction of sp³-hybridized carbons (Fsp3) is 0.750. The van der Waals surface area contributed by atoms with E-state index >= 15 is 0 Å². The fourth-order valence-electron chi connectivity index (χ4n) is 3.06. The standard InChI is InChI=1S/C12H17F3N4S/c1-16-10(8-7-18-2-4-19(8)5-3-18)9-6-17-11(20-9)12(13,14)15/h6,8,10,16H,2-5,7H2,1H3. The van der Waals surface area contributed by atoms with Gasteiger partial charge in [0.1, 0.15) is 0 Å². The van der Waals surface area contributed by atoms with Crippen molar-refractivity contribution >= 4 is 11.3 Å². The second-order valence-corrected chi connectivity index (χ2v) is 6.30. The van der Waals surface area contributed by atoms with E-state index in [1.54, 1.807) is 7.05 Å². The van der Waals surface area contributed by atoms with Crippen LogP contribution in [0.2, 0.25) is 0 Å². The van der Waals surface area contributed by atoms with Crippen molar-refractivity contribution in [3.8, 4) is 0 Å². The van der Waals surface area contributed by atoms with E-state index in [9.17, 15) is 13.2 Å². The summed E-state index contributed by atoms with van der Waals surface area (Å²) in [7, 11) is 1.80. The first-order chi connectivity index (χ1) is 9.49. The molecule has 4 nitrogen and oxygen atoms in total. The summed E-state index contributed by atoms with van der Waals surface area (Å²) < 4.78 is 38.0. The lowest BCUT2D eigenvalue weighted by Crippen LogP contribution is -2.63. The summed E-state index contributed by atoms with van der Waals surface area (Å²) in [4.78, 5) is 8.94. The number of nitrogens with one attached hydrogen (secondary N) is 1. The van der Waals surface area contributed by atoms with E-state index in [-0.39, 0.29) is 12.1 Å². The highest BCUT2D eigenvalue weighted by atomic mass is 32.1. The fourth-order valence-corrected chi connectivity index (χ4v) is 4.01. The van der Waals surface area contributed by atoms with Crippen molar-refractivity contribution in [1.82, 2.24) is 20.1 Å². The van der Waals surface area contributed by atoms with E-state index in [1.165, 1.54) is 6.20 Å². The topological polar surface area (TPSA) is 31.4 Å². The molecule has 1 N–H and O–H groups in total. The smallest absolute Gasteiger partial charge is 0.311 e. The predicted molar refractivity (Wildman–Crippen MR) is 70.7 cm³/mol. The van der Waals surface area contributed by atoms with E-state index in [0.717, 1.165) is 44.1 Å². The van der Waals surface area contributed by atoms with Gasteiger partial charge < -0.3 is 5.32 Å². The molecule has 4 rings (SSSR count). The minimum atomic E-state index is -4.35. The van der Waals surface area contributed by atoms with Gasteiger partial charge in [0.05, 0.1) is 6.04 Å². The molecule has 1 aromatic rings. The Balaban J connectivity index is 1.81. The SMILES string of the molecule is CNC(c1cnc(C(F)(F)F)s1)C1CN2CCN1CC2. The lowest BCUT2D eigenvalue weighted by Gasteiger charge is -2.49. The average molecular weight is 306 g/mol. The zero-order valence-electron chi connectivity index (χ0n) is 11.2. The molecule has 3 saturated heterocycles. The molecule has 112 valence electrons. The molecule has 2 bridgehead atoms. The highest BCUT2D eigenvalue weighted by Gasteiger charge is 2.40. The summed E-state index contributed by atoms with van der Waals surface area (Å²) in [6, 6.07) is 0.135. The molecular weight excluding hydrogens is 289 g/mol. The van der Waals surface area contributed by atoms with Crippen LogP contribution in [0, 0.1) is 0 Å². The highest BCUT2D eigenvalue weighted by Crippen LogP contribution is 2.36. The number of piperazine rings is 3. The van der Waals surface area contributed by atoms with Crippen LogP contribution in [0.25, 0.3) is 0 Å². The number of fused-ring (bicyclic) bond motifs is 3. The average Bonchev–Trinajstić information content (AvgIpc) is 2.91. The summed E-state index contributed by atoms with van der Waals surface area (Å²) in [6.45, 7) is 5.01. The summed E-state index contributed by atoms with van der Waals surface area (Å²) >= 11 is 0.750. The summed E-state index contributed by atoms with van der Waals surface area (Å²) in [6.07, 6.45) is -2.98. The minimum Gasteiger partial charge on any atom is -0.311 e. The number of alkyl halides is 3. The second-order valence-electron chi connectivity index (χ2n) is 5.24. The molecule has 0 aromatic carbocycles. The molecule has 0 amide bonds. The van der Waals surface area contributed by atoms with E-state index in [4.69, 9.17) is 0 Å². The number of hydrogen-bond donors (Lipinski definition) is 1. The number of likely N-dealkylation sites (N-methyl/N-ethyl adjacent to an activating group) is 1. The molecule has 2 atom stereocenters. The van der Waals surface area contributed by atoms with Gasteiger partial charge in [-0.25, -0.2) is 4.98 Å². The van der Waals surface area contributed by atoms with Gasteiger partial charge in [-0.1, -0.05) is 0 Å². The molecule has 20 heavy (non-hydrogen) atoms. The Bertz CT molecular complexity index is 468. The van der Waals surface area contributed by atoms with Gasteiger partial charge in [0.15, 0.2) is 5.01 Å². The molecule has 4 heterocycles. The van der Waals surface area contributed by atoms with Crippen LogP contribution in [-0.2, 0) is 6.18 Å². The molecule has 0 saturated carbocycles. The molecule has 0 radical (unpaired) electrons. The number of thiazole rings is 1. The summed E-state index contributed by atoms with van der Waals surface area (Å²) in [5.74, 6) is 0. The maximum atomic E-state index is 12.7. The molecule has 3 aliphatic heterocycles. The Morgan fingerprint density at radius 1 is 1.35 bits per heavy atom. The maximum absolute atomic E-state index is 12.7. The van der Waals surface area contributed by atoms with Crippen molar-refractivity contribution in [2.45, 2.75) is 18.3 Å². The molecule has 3 fully saturated rings. The van der Waals surface area contributed by atoms with Gasteiger partial charge in [-0.15, -0.1) is 11.3 Å². The van der Waals surface area contributed by atoms with Gasteiger partial charge in [0.25, 0.3) is 0 Å². The number of nitrogens with zero attached hydrogens (tertiary/aromatic N) is 3. The first-order valence-electron chi connectivity index (χ1n) is 6.65. The monoisotopic (exact) mass is 306 g/mol. The third-order valence-corrected chi connectivity index (χ3v) is 5.21. The van der Waals surface area contributed by atoms with E-state index in [2.05, 4.69) is 20.1 Å². The van der Waals surface area contributed by atoms with Crippen molar-refractivity contribution in [1.29, 1.82) is 0 Å². The number of aromatic nitrogens is 1. The van der Waals surface area contributed by atoms with Crippen molar-refractivity contribution < 1.29 is 13.2 Å². The Hall–Kier alpha value is -0.700. The molecule has 3 aliphatic rings. The van der Waals surface area contributed by atoms with Crippen LogP contribution in [0.15, 0.2) is 6.20 Å².